The Morgan fingerprint density at radius 1 is 0.968 bits per heavy atom. The molecule has 0 amide bonds. The fraction of sp³-hybridized carbons (Fsp3) is 0.769. The first-order valence-electron chi connectivity index (χ1n) is 12.8. The number of nitrogens with two attached hydrogens (primary N) is 1. The summed E-state index contributed by atoms with van der Waals surface area (Å²) >= 11 is 0. The lowest BCUT2D eigenvalue weighted by Crippen LogP contribution is -2.60. The Morgan fingerprint density at radius 2 is 1.48 bits per heavy atom. The van der Waals surface area contributed by atoms with Gasteiger partial charge in [-0.1, -0.05) is 89.7 Å². The normalized spacial score (nSPS) is 19.3. The van der Waals surface area contributed by atoms with Gasteiger partial charge in [-0.2, -0.15) is 0 Å². The molecule has 1 aliphatic rings. The number of unbranched alkanes of at least 4 members (excludes halogenated alkanes) is 13. The number of carboxylic acids is 1. The Labute approximate surface area is 191 Å². The third kappa shape index (κ3) is 11.6. The lowest BCUT2D eigenvalue weighted by molar-refractivity contribution is -0.808. The Kier molecular flexibility index (Phi) is 15.2. The Morgan fingerprint density at radius 3 is 2.00 bits per heavy atom. The standard InChI is InChI=1S/C26H47N3O2/c1-3-4-5-6-7-8-9-10-11-12-13-14-15-16-17-18-19-20-25-28-21-22-29(25,24(2)27)23-26(30)31/h6-7,21-22,24H,3-5,8-20,23,27H2,1-2H3/b7-6+. The molecule has 0 fully saturated rings. The van der Waals surface area contributed by atoms with Crippen LogP contribution in [0.4, 0.5) is 0 Å². The molecule has 2 unspecified atom stereocenters. The minimum atomic E-state index is -1.09. The number of carboxylic acid groups (broad SMARTS) is 1. The maximum absolute atomic E-state index is 11.2. The van der Waals surface area contributed by atoms with Crippen molar-refractivity contribution in [3.05, 3.63) is 24.6 Å². The number of nitrogens with zero attached hydrogens (tertiary/aromatic N) is 2. The van der Waals surface area contributed by atoms with Gasteiger partial charge in [-0.05, 0) is 25.7 Å². The van der Waals surface area contributed by atoms with Crippen molar-refractivity contribution >= 4 is 11.8 Å². The molecule has 5 heteroatoms. The zero-order chi connectivity index (χ0) is 22.8. The fourth-order valence-electron chi connectivity index (χ4n) is 4.27. The van der Waals surface area contributed by atoms with Crippen LogP contribution in [0, 0.1) is 0 Å². The van der Waals surface area contributed by atoms with Crippen LogP contribution in [-0.4, -0.2) is 29.0 Å². The molecule has 0 aromatic rings. The van der Waals surface area contributed by atoms with Crippen LogP contribution in [-0.2, 0) is 4.79 Å². The number of hydrogen-bond donors (Lipinski definition) is 1. The van der Waals surface area contributed by atoms with E-state index in [-0.39, 0.29) is 17.2 Å². The summed E-state index contributed by atoms with van der Waals surface area (Å²) in [5.74, 6) is -0.230. The Hall–Kier alpha value is -1.46. The second kappa shape index (κ2) is 17.1. The van der Waals surface area contributed by atoms with Crippen molar-refractivity contribution in [3.8, 4) is 0 Å². The van der Waals surface area contributed by atoms with Crippen molar-refractivity contribution in [1.82, 2.24) is 0 Å². The van der Waals surface area contributed by atoms with Gasteiger partial charge in [0.1, 0.15) is 18.9 Å². The lowest BCUT2D eigenvalue weighted by Gasteiger charge is -2.36. The highest BCUT2D eigenvalue weighted by atomic mass is 16.4. The van der Waals surface area contributed by atoms with Crippen LogP contribution in [0.5, 0.6) is 0 Å². The largest absolute Gasteiger partial charge is 0.544 e. The molecule has 1 aliphatic heterocycles. The quantitative estimate of drug-likeness (QED) is 0.155. The van der Waals surface area contributed by atoms with Crippen LogP contribution >= 0.6 is 0 Å². The molecule has 0 saturated carbocycles. The summed E-state index contributed by atoms with van der Waals surface area (Å²) in [4.78, 5) is 15.6. The van der Waals surface area contributed by atoms with E-state index in [0.29, 0.717) is 0 Å². The number of aliphatic carboxylic acids is 1. The predicted molar refractivity (Wildman–Crippen MR) is 129 cm³/mol. The maximum atomic E-state index is 11.2. The fourth-order valence-corrected chi connectivity index (χ4v) is 4.27. The van der Waals surface area contributed by atoms with E-state index in [9.17, 15) is 9.90 Å². The van der Waals surface area contributed by atoms with Crippen LogP contribution in [0.3, 0.4) is 0 Å². The Bertz CT molecular complexity index is 569. The average Bonchev–Trinajstić information content (AvgIpc) is 3.13. The summed E-state index contributed by atoms with van der Waals surface area (Å²) in [7, 11) is 0. The van der Waals surface area contributed by atoms with E-state index in [1.165, 1.54) is 83.5 Å². The zero-order valence-electron chi connectivity index (χ0n) is 20.2. The van der Waals surface area contributed by atoms with Gasteiger partial charge < -0.3 is 9.90 Å². The van der Waals surface area contributed by atoms with Crippen LogP contribution < -0.4 is 10.8 Å². The van der Waals surface area contributed by atoms with E-state index in [0.717, 1.165) is 25.1 Å². The number of quaternary nitrogens is 1. The molecule has 0 aromatic carbocycles. The van der Waals surface area contributed by atoms with Gasteiger partial charge in [0.2, 0.25) is 5.84 Å². The van der Waals surface area contributed by atoms with E-state index in [4.69, 9.17) is 5.73 Å². The summed E-state index contributed by atoms with van der Waals surface area (Å²) in [6.45, 7) is 3.94. The minimum absolute atomic E-state index is 0.109. The number of rotatable bonds is 20. The first-order valence-corrected chi connectivity index (χ1v) is 12.8. The van der Waals surface area contributed by atoms with Crippen molar-refractivity contribution in [2.75, 3.05) is 6.54 Å². The molecule has 5 nitrogen and oxygen atoms in total. The van der Waals surface area contributed by atoms with Crippen molar-refractivity contribution in [2.24, 2.45) is 10.7 Å². The second-order valence-corrected chi connectivity index (χ2v) is 9.09. The highest BCUT2D eigenvalue weighted by molar-refractivity contribution is 5.81. The molecule has 2 N–H and O–H groups in total. The SMILES string of the molecule is CCCC/C=C/CCCCCCCCCCCCCC1=NC=C[N+]1(CC(=O)[O-])C(C)N. The smallest absolute Gasteiger partial charge is 0.209 e. The summed E-state index contributed by atoms with van der Waals surface area (Å²) in [6.07, 6.45) is 28.0. The molecule has 2 atom stereocenters. The van der Waals surface area contributed by atoms with E-state index >= 15 is 0 Å². The number of carbonyl (C=O) groups excluding carboxylic acids is 1. The lowest BCUT2D eigenvalue weighted by atomic mass is 10.0. The molecule has 0 aromatic heterocycles. The number of allylic oxidation sites excluding steroid dienone is 2. The summed E-state index contributed by atoms with van der Waals surface area (Å²) in [6, 6.07) is 0. The topological polar surface area (TPSA) is 78.5 Å². The molecule has 1 heterocycles. The summed E-state index contributed by atoms with van der Waals surface area (Å²) in [5.41, 5.74) is 6.08. The van der Waals surface area contributed by atoms with Gasteiger partial charge >= 0.3 is 0 Å². The van der Waals surface area contributed by atoms with Crippen molar-refractivity contribution in [2.45, 2.75) is 123 Å². The number of amidine groups is 1. The van der Waals surface area contributed by atoms with Gasteiger partial charge in [0.25, 0.3) is 0 Å². The van der Waals surface area contributed by atoms with E-state index in [1.807, 2.05) is 6.92 Å². The van der Waals surface area contributed by atoms with Crippen molar-refractivity contribution < 1.29 is 14.4 Å². The molecule has 0 bridgehead atoms. The molecule has 0 radical (unpaired) electrons. The van der Waals surface area contributed by atoms with Crippen molar-refractivity contribution in [1.29, 1.82) is 0 Å². The highest BCUT2D eigenvalue weighted by Crippen LogP contribution is 2.23. The van der Waals surface area contributed by atoms with Gasteiger partial charge in [-0.15, -0.1) is 0 Å². The first-order chi connectivity index (χ1) is 15.0. The van der Waals surface area contributed by atoms with Crippen LogP contribution in [0.15, 0.2) is 29.5 Å². The minimum Gasteiger partial charge on any atom is -0.544 e. The number of carbonyl (C=O) groups is 1. The van der Waals surface area contributed by atoms with Crippen LogP contribution in [0.1, 0.15) is 117 Å². The van der Waals surface area contributed by atoms with Gasteiger partial charge in [0, 0.05) is 13.3 Å². The van der Waals surface area contributed by atoms with E-state index in [2.05, 4.69) is 24.1 Å². The first kappa shape index (κ1) is 27.6. The van der Waals surface area contributed by atoms with Crippen LogP contribution in [0.25, 0.3) is 0 Å². The molecular weight excluding hydrogens is 386 g/mol. The molecular formula is C26H47N3O2. The van der Waals surface area contributed by atoms with E-state index in [1.54, 1.807) is 12.4 Å². The average molecular weight is 434 g/mol. The van der Waals surface area contributed by atoms with Gasteiger partial charge in [-0.25, -0.2) is 9.48 Å². The second-order valence-electron chi connectivity index (χ2n) is 9.09. The third-order valence-electron chi connectivity index (χ3n) is 6.32. The summed E-state index contributed by atoms with van der Waals surface area (Å²) < 4.78 is 0.109. The van der Waals surface area contributed by atoms with E-state index < -0.39 is 5.97 Å². The molecule has 1 rings (SSSR count). The van der Waals surface area contributed by atoms with Gasteiger partial charge in [0.15, 0.2) is 0 Å². The number of hydrogen-bond acceptors (Lipinski definition) is 4. The van der Waals surface area contributed by atoms with Crippen LogP contribution in [0.2, 0.25) is 0 Å². The molecule has 31 heavy (non-hydrogen) atoms. The number of aliphatic imine (C=N–C) groups is 1. The third-order valence-corrected chi connectivity index (χ3v) is 6.32. The predicted octanol–water partition coefficient (Wildman–Crippen LogP) is 5.56. The molecule has 0 aliphatic carbocycles. The van der Waals surface area contributed by atoms with Crippen molar-refractivity contribution in [3.63, 3.8) is 0 Å². The Balaban J connectivity index is 1.97. The summed E-state index contributed by atoms with van der Waals surface area (Å²) in [5, 5.41) is 11.2. The monoisotopic (exact) mass is 433 g/mol. The molecule has 178 valence electrons. The molecule has 0 saturated heterocycles. The maximum Gasteiger partial charge on any atom is 0.209 e. The van der Waals surface area contributed by atoms with Gasteiger partial charge in [-0.3, -0.25) is 5.73 Å². The van der Waals surface area contributed by atoms with Gasteiger partial charge in [0.05, 0.1) is 12.2 Å². The zero-order valence-corrected chi connectivity index (χ0v) is 20.2. The molecule has 0 spiro atoms. The highest BCUT2D eigenvalue weighted by Gasteiger charge is 2.38.